The quantitative estimate of drug-likeness (QED) is 0.767. The van der Waals surface area contributed by atoms with Crippen LogP contribution in [0.4, 0.5) is 5.69 Å². The maximum atomic E-state index is 12.6. The standard InChI is InChI=1S/C22H26N2O/c23-15-6-4-14(5-7-15)17-11-16(25)12-20-18(17)13-21-19-3-1-2-8-22(19,20)9-10-24-21/h4-7,12,19,21,24H,1-3,8-11,13,23H2/t19-,21+,22+/m0/s1. The Hall–Kier alpha value is -1.87. The van der Waals surface area contributed by atoms with Gasteiger partial charge in [0.15, 0.2) is 5.78 Å². The number of nitrogens with two attached hydrogens (primary N) is 1. The van der Waals surface area contributed by atoms with Gasteiger partial charge in [0.2, 0.25) is 0 Å². The van der Waals surface area contributed by atoms with E-state index in [2.05, 4.69) is 17.4 Å². The highest BCUT2D eigenvalue weighted by atomic mass is 16.1. The molecular weight excluding hydrogens is 308 g/mol. The van der Waals surface area contributed by atoms with Crippen LogP contribution < -0.4 is 11.1 Å². The maximum absolute atomic E-state index is 12.6. The average Bonchev–Trinajstić information content (AvgIpc) is 2.63. The number of rotatable bonds is 1. The number of allylic oxidation sites excluding steroid dienone is 3. The molecule has 25 heavy (non-hydrogen) atoms. The summed E-state index contributed by atoms with van der Waals surface area (Å²) in [6, 6.07) is 8.66. The number of benzene rings is 1. The van der Waals surface area contributed by atoms with Gasteiger partial charge in [0.1, 0.15) is 0 Å². The van der Waals surface area contributed by atoms with E-state index in [0.29, 0.717) is 18.4 Å². The Bertz CT molecular complexity index is 785. The zero-order valence-electron chi connectivity index (χ0n) is 14.7. The van der Waals surface area contributed by atoms with Crippen molar-refractivity contribution in [3.05, 3.63) is 47.1 Å². The number of nitrogens with one attached hydrogen (secondary N) is 1. The second-order valence-corrected chi connectivity index (χ2v) is 8.30. The van der Waals surface area contributed by atoms with Gasteiger partial charge in [0.25, 0.3) is 0 Å². The van der Waals surface area contributed by atoms with Gasteiger partial charge >= 0.3 is 0 Å². The Morgan fingerprint density at radius 2 is 1.92 bits per heavy atom. The van der Waals surface area contributed by atoms with Gasteiger partial charge < -0.3 is 11.1 Å². The summed E-state index contributed by atoms with van der Waals surface area (Å²) in [5.41, 5.74) is 12.2. The molecule has 5 rings (SSSR count). The molecule has 4 aliphatic rings. The Morgan fingerprint density at radius 1 is 1.08 bits per heavy atom. The summed E-state index contributed by atoms with van der Waals surface area (Å²) in [7, 11) is 0. The van der Waals surface area contributed by atoms with Gasteiger partial charge in [-0.15, -0.1) is 0 Å². The Labute approximate surface area is 149 Å². The van der Waals surface area contributed by atoms with Gasteiger partial charge in [0, 0.05) is 23.6 Å². The molecule has 0 amide bonds. The normalized spacial score (nSPS) is 34.2. The fraction of sp³-hybridized carbons (Fsp3) is 0.500. The fourth-order valence-electron chi connectivity index (χ4n) is 6.07. The molecule has 130 valence electrons. The molecule has 1 aromatic rings. The lowest BCUT2D eigenvalue weighted by atomic mass is 9.50. The maximum Gasteiger partial charge on any atom is 0.160 e. The first-order valence-electron chi connectivity index (χ1n) is 9.74. The first kappa shape index (κ1) is 15.4. The van der Waals surface area contributed by atoms with Crippen LogP contribution in [-0.4, -0.2) is 18.4 Å². The molecule has 3 nitrogen and oxygen atoms in total. The van der Waals surface area contributed by atoms with Gasteiger partial charge in [-0.25, -0.2) is 0 Å². The molecule has 2 saturated carbocycles. The predicted octanol–water partition coefficient (Wildman–Crippen LogP) is 3.86. The summed E-state index contributed by atoms with van der Waals surface area (Å²) < 4.78 is 0. The number of carbonyl (C=O) groups excluding carboxylic acids is 1. The van der Waals surface area contributed by atoms with E-state index in [1.807, 2.05) is 18.2 Å². The van der Waals surface area contributed by atoms with Crippen molar-refractivity contribution in [1.29, 1.82) is 0 Å². The first-order chi connectivity index (χ1) is 12.2. The molecule has 0 spiro atoms. The van der Waals surface area contributed by atoms with Gasteiger partial charge in [-0.3, -0.25) is 4.79 Å². The molecule has 0 aromatic heterocycles. The van der Waals surface area contributed by atoms with Crippen LogP contribution in [0.3, 0.4) is 0 Å². The topological polar surface area (TPSA) is 55.1 Å². The van der Waals surface area contributed by atoms with Crippen molar-refractivity contribution in [3.63, 3.8) is 0 Å². The Balaban J connectivity index is 1.68. The highest BCUT2D eigenvalue weighted by molar-refractivity contribution is 6.03. The monoisotopic (exact) mass is 334 g/mol. The number of ketones is 1. The minimum atomic E-state index is 0.247. The molecule has 2 bridgehead atoms. The van der Waals surface area contributed by atoms with Crippen LogP contribution in [0.2, 0.25) is 0 Å². The summed E-state index contributed by atoms with van der Waals surface area (Å²) in [6.45, 7) is 1.09. The van der Waals surface area contributed by atoms with Crippen molar-refractivity contribution in [3.8, 4) is 0 Å². The van der Waals surface area contributed by atoms with Crippen LogP contribution in [0.25, 0.3) is 5.57 Å². The van der Waals surface area contributed by atoms with Crippen LogP contribution in [0.5, 0.6) is 0 Å². The van der Waals surface area contributed by atoms with E-state index in [1.54, 1.807) is 0 Å². The van der Waals surface area contributed by atoms with Crippen LogP contribution in [-0.2, 0) is 4.79 Å². The SMILES string of the molecule is Nc1ccc(C2=C3C[C@H]4NCC[C@@]5(CCCC[C@@H]45)C3=CC(=O)C2)cc1. The largest absolute Gasteiger partial charge is 0.399 e. The van der Waals surface area contributed by atoms with Crippen LogP contribution in [0.15, 0.2) is 41.5 Å². The first-order valence-corrected chi connectivity index (χ1v) is 9.74. The zero-order chi connectivity index (χ0) is 17.0. The van der Waals surface area contributed by atoms with E-state index < -0.39 is 0 Å². The Morgan fingerprint density at radius 3 is 2.76 bits per heavy atom. The molecule has 1 saturated heterocycles. The lowest BCUT2D eigenvalue weighted by Crippen LogP contribution is -2.58. The van der Waals surface area contributed by atoms with Gasteiger partial charge in [-0.2, -0.15) is 0 Å². The summed E-state index contributed by atoms with van der Waals surface area (Å²) >= 11 is 0. The summed E-state index contributed by atoms with van der Waals surface area (Å²) in [5.74, 6) is 0.991. The lowest BCUT2D eigenvalue weighted by Gasteiger charge is -2.58. The molecule has 3 aliphatic carbocycles. The third kappa shape index (κ3) is 2.25. The fourth-order valence-corrected chi connectivity index (χ4v) is 6.07. The molecule has 3 fully saturated rings. The number of fused-ring (bicyclic) bond motifs is 1. The van der Waals surface area contributed by atoms with Crippen molar-refractivity contribution in [2.24, 2.45) is 11.3 Å². The minimum Gasteiger partial charge on any atom is -0.399 e. The smallest absolute Gasteiger partial charge is 0.160 e. The number of piperidine rings is 1. The number of anilines is 1. The highest BCUT2D eigenvalue weighted by Crippen LogP contribution is 2.60. The van der Waals surface area contributed by atoms with Crippen molar-refractivity contribution < 1.29 is 4.79 Å². The molecule has 0 radical (unpaired) electrons. The molecule has 1 aliphatic heterocycles. The van der Waals surface area contributed by atoms with Crippen molar-refractivity contribution >= 4 is 17.0 Å². The number of carbonyl (C=O) groups is 1. The third-order valence-electron chi connectivity index (χ3n) is 7.13. The third-order valence-corrected chi connectivity index (χ3v) is 7.13. The molecule has 3 atom stereocenters. The van der Waals surface area contributed by atoms with Gasteiger partial charge in [0.05, 0.1) is 0 Å². The average molecular weight is 334 g/mol. The van der Waals surface area contributed by atoms with E-state index in [9.17, 15) is 4.79 Å². The van der Waals surface area contributed by atoms with Crippen molar-refractivity contribution in [2.75, 3.05) is 12.3 Å². The van der Waals surface area contributed by atoms with E-state index in [-0.39, 0.29) is 11.2 Å². The zero-order valence-corrected chi connectivity index (χ0v) is 14.7. The number of hydrogen-bond acceptors (Lipinski definition) is 3. The van der Waals surface area contributed by atoms with Gasteiger partial charge in [-0.1, -0.05) is 25.0 Å². The second-order valence-electron chi connectivity index (χ2n) is 8.30. The lowest BCUT2D eigenvalue weighted by molar-refractivity contribution is -0.114. The molecule has 0 unspecified atom stereocenters. The molecule has 1 aromatic carbocycles. The van der Waals surface area contributed by atoms with E-state index in [0.717, 1.165) is 18.7 Å². The summed E-state index contributed by atoms with van der Waals surface area (Å²) in [5, 5.41) is 3.80. The predicted molar refractivity (Wildman–Crippen MR) is 101 cm³/mol. The van der Waals surface area contributed by atoms with Crippen LogP contribution in [0, 0.1) is 11.3 Å². The second kappa shape index (κ2) is 5.57. The summed E-state index contributed by atoms with van der Waals surface area (Å²) in [6.07, 6.45) is 10.0. The van der Waals surface area contributed by atoms with E-state index in [4.69, 9.17) is 5.73 Å². The number of hydrogen-bond donors (Lipinski definition) is 2. The van der Waals surface area contributed by atoms with Crippen molar-refractivity contribution in [2.45, 2.75) is 51.0 Å². The van der Waals surface area contributed by atoms with Crippen LogP contribution >= 0.6 is 0 Å². The van der Waals surface area contributed by atoms with E-state index in [1.165, 1.54) is 54.4 Å². The van der Waals surface area contributed by atoms with E-state index >= 15 is 0 Å². The summed E-state index contributed by atoms with van der Waals surface area (Å²) in [4.78, 5) is 12.6. The molecule has 3 heteroatoms. The minimum absolute atomic E-state index is 0.247. The number of nitrogen functional groups attached to an aromatic ring is 1. The van der Waals surface area contributed by atoms with Crippen LogP contribution in [0.1, 0.15) is 50.5 Å². The molecular formula is C22H26N2O. The van der Waals surface area contributed by atoms with Crippen molar-refractivity contribution in [1.82, 2.24) is 5.32 Å². The van der Waals surface area contributed by atoms with Gasteiger partial charge in [-0.05, 0) is 78.6 Å². The molecule has 3 N–H and O–H groups in total. The Kier molecular flexibility index (Phi) is 3.43. The molecule has 1 heterocycles. The highest BCUT2D eigenvalue weighted by Gasteiger charge is 2.54.